The molecule has 0 aliphatic carbocycles. The summed E-state index contributed by atoms with van der Waals surface area (Å²) in [5.41, 5.74) is 1.01. The molecule has 0 fully saturated rings. The Morgan fingerprint density at radius 1 is 1.19 bits per heavy atom. The van der Waals surface area contributed by atoms with Crippen molar-refractivity contribution in [2.75, 3.05) is 26.1 Å². The summed E-state index contributed by atoms with van der Waals surface area (Å²) in [6.45, 7) is 5.04. The Hall–Kier alpha value is -1.22. The Bertz CT molecular complexity index is 313. The van der Waals surface area contributed by atoms with E-state index < -0.39 is 0 Å². The first-order valence-corrected chi connectivity index (χ1v) is 5.57. The van der Waals surface area contributed by atoms with Crippen LogP contribution in [-0.4, -0.2) is 26.9 Å². The minimum atomic E-state index is 0.293. The van der Waals surface area contributed by atoms with Gasteiger partial charge in [0.05, 0.1) is 25.4 Å². The molecule has 0 bridgehead atoms. The average Bonchev–Trinajstić information content (AvgIpc) is 2.29. The zero-order valence-electron chi connectivity index (χ0n) is 10.5. The summed E-state index contributed by atoms with van der Waals surface area (Å²) in [5.74, 6) is 1.37. The van der Waals surface area contributed by atoms with Gasteiger partial charge in [-0.1, -0.05) is 26.0 Å². The Morgan fingerprint density at radius 3 is 2.44 bits per heavy atom. The highest BCUT2D eigenvalue weighted by Gasteiger charge is 2.14. The first kappa shape index (κ1) is 12.8. The number of nitrogens with one attached hydrogen (secondary N) is 1. The summed E-state index contributed by atoms with van der Waals surface area (Å²) in [7, 11) is 3.40. The second-order valence-corrected chi connectivity index (χ2v) is 4.15. The predicted octanol–water partition coefficient (Wildman–Crippen LogP) is 2.78. The van der Waals surface area contributed by atoms with Crippen LogP contribution < -0.4 is 10.1 Å². The molecule has 1 aromatic rings. The highest BCUT2D eigenvalue weighted by atomic mass is 16.5. The summed E-state index contributed by atoms with van der Waals surface area (Å²) in [6.07, 6.45) is 0. The van der Waals surface area contributed by atoms with Gasteiger partial charge in [-0.2, -0.15) is 0 Å². The molecule has 0 heterocycles. The molecule has 0 saturated heterocycles. The fourth-order valence-electron chi connectivity index (χ4n) is 1.54. The lowest BCUT2D eigenvalue weighted by atomic mass is 10.0. The standard InChI is InChI=1S/C13H21NO2/c1-10(2)12(9-15-3)14-11-7-5-6-8-13(11)16-4/h5-8,10,12,14H,9H2,1-4H3. The van der Waals surface area contributed by atoms with Gasteiger partial charge in [-0.3, -0.25) is 0 Å². The van der Waals surface area contributed by atoms with E-state index in [9.17, 15) is 0 Å². The number of hydrogen-bond donors (Lipinski definition) is 1. The van der Waals surface area contributed by atoms with Gasteiger partial charge in [-0.25, -0.2) is 0 Å². The summed E-state index contributed by atoms with van der Waals surface area (Å²) >= 11 is 0. The van der Waals surface area contributed by atoms with Crippen molar-refractivity contribution in [1.29, 1.82) is 0 Å². The van der Waals surface area contributed by atoms with Crippen molar-refractivity contribution in [2.24, 2.45) is 5.92 Å². The van der Waals surface area contributed by atoms with E-state index in [1.807, 2.05) is 24.3 Å². The van der Waals surface area contributed by atoms with E-state index in [0.29, 0.717) is 18.6 Å². The minimum absolute atomic E-state index is 0.293. The maximum atomic E-state index is 5.30. The van der Waals surface area contributed by atoms with E-state index in [1.54, 1.807) is 14.2 Å². The lowest BCUT2D eigenvalue weighted by Gasteiger charge is -2.23. The van der Waals surface area contributed by atoms with Crippen molar-refractivity contribution < 1.29 is 9.47 Å². The van der Waals surface area contributed by atoms with Gasteiger partial charge in [-0.15, -0.1) is 0 Å². The van der Waals surface area contributed by atoms with Gasteiger partial charge in [0.25, 0.3) is 0 Å². The zero-order valence-corrected chi connectivity index (χ0v) is 10.5. The van der Waals surface area contributed by atoms with E-state index in [2.05, 4.69) is 19.2 Å². The molecule has 1 atom stereocenters. The highest BCUT2D eigenvalue weighted by molar-refractivity contribution is 5.56. The average molecular weight is 223 g/mol. The van der Waals surface area contributed by atoms with Gasteiger partial charge in [0.15, 0.2) is 0 Å². The second kappa shape index (κ2) is 6.38. The lowest BCUT2D eigenvalue weighted by Crippen LogP contribution is -2.30. The summed E-state index contributed by atoms with van der Waals surface area (Å²) in [4.78, 5) is 0. The lowest BCUT2D eigenvalue weighted by molar-refractivity contribution is 0.171. The third-order valence-corrected chi connectivity index (χ3v) is 2.60. The van der Waals surface area contributed by atoms with Gasteiger partial charge < -0.3 is 14.8 Å². The quantitative estimate of drug-likeness (QED) is 0.804. The number of para-hydroxylation sites is 2. The van der Waals surface area contributed by atoms with Crippen LogP contribution in [0.4, 0.5) is 5.69 Å². The van der Waals surface area contributed by atoms with Crippen LogP contribution in [0.1, 0.15) is 13.8 Å². The molecule has 0 aliphatic heterocycles. The van der Waals surface area contributed by atoms with E-state index >= 15 is 0 Å². The molecule has 0 spiro atoms. The minimum Gasteiger partial charge on any atom is -0.495 e. The third kappa shape index (κ3) is 3.42. The fraction of sp³-hybridized carbons (Fsp3) is 0.538. The molecule has 0 aliphatic rings. The maximum Gasteiger partial charge on any atom is 0.141 e. The molecular formula is C13H21NO2. The highest BCUT2D eigenvalue weighted by Crippen LogP contribution is 2.25. The van der Waals surface area contributed by atoms with Crippen molar-refractivity contribution in [2.45, 2.75) is 19.9 Å². The van der Waals surface area contributed by atoms with Crippen molar-refractivity contribution >= 4 is 5.69 Å². The molecule has 0 saturated carbocycles. The smallest absolute Gasteiger partial charge is 0.141 e. The summed E-state index contributed by atoms with van der Waals surface area (Å²) < 4.78 is 10.5. The number of anilines is 1. The largest absolute Gasteiger partial charge is 0.495 e. The van der Waals surface area contributed by atoms with Crippen LogP contribution in [0.5, 0.6) is 5.75 Å². The van der Waals surface area contributed by atoms with Gasteiger partial charge in [0.1, 0.15) is 5.75 Å². The molecule has 0 amide bonds. The van der Waals surface area contributed by atoms with E-state index in [1.165, 1.54) is 0 Å². The molecule has 0 aromatic heterocycles. The van der Waals surface area contributed by atoms with E-state index in [0.717, 1.165) is 11.4 Å². The predicted molar refractivity (Wildman–Crippen MR) is 67.1 cm³/mol. The summed E-state index contributed by atoms with van der Waals surface area (Å²) in [6, 6.07) is 8.22. The Labute approximate surface area is 97.8 Å². The van der Waals surface area contributed by atoms with Crippen LogP contribution in [0.2, 0.25) is 0 Å². The topological polar surface area (TPSA) is 30.5 Å². The molecule has 1 rings (SSSR count). The number of rotatable bonds is 6. The van der Waals surface area contributed by atoms with Crippen LogP contribution in [0.3, 0.4) is 0 Å². The van der Waals surface area contributed by atoms with Crippen LogP contribution in [-0.2, 0) is 4.74 Å². The molecular weight excluding hydrogens is 202 g/mol. The van der Waals surface area contributed by atoms with Gasteiger partial charge >= 0.3 is 0 Å². The van der Waals surface area contributed by atoms with Crippen LogP contribution in [0, 0.1) is 5.92 Å². The summed E-state index contributed by atoms with van der Waals surface area (Å²) in [5, 5.41) is 3.45. The Kier molecular flexibility index (Phi) is 5.12. The molecule has 1 aromatic carbocycles. The normalized spacial score (nSPS) is 12.6. The maximum absolute atomic E-state index is 5.30. The second-order valence-electron chi connectivity index (χ2n) is 4.15. The fourth-order valence-corrected chi connectivity index (χ4v) is 1.54. The number of methoxy groups -OCH3 is 2. The van der Waals surface area contributed by atoms with E-state index in [-0.39, 0.29) is 0 Å². The van der Waals surface area contributed by atoms with Gasteiger partial charge in [-0.05, 0) is 18.1 Å². The molecule has 3 nitrogen and oxygen atoms in total. The molecule has 1 N–H and O–H groups in total. The van der Waals surface area contributed by atoms with Crippen molar-refractivity contribution in [3.05, 3.63) is 24.3 Å². The zero-order chi connectivity index (χ0) is 12.0. The number of hydrogen-bond acceptors (Lipinski definition) is 3. The van der Waals surface area contributed by atoms with Crippen LogP contribution in [0.25, 0.3) is 0 Å². The van der Waals surface area contributed by atoms with E-state index in [4.69, 9.17) is 9.47 Å². The molecule has 3 heteroatoms. The van der Waals surface area contributed by atoms with Crippen molar-refractivity contribution in [3.8, 4) is 5.75 Å². The first-order valence-electron chi connectivity index (χ1n) is 5.57. The Morgan fingerprint density at radius 2 is 1.88 bits per heavy atom. The molecule has 16 heavy (non-hydrogen) atoms. The van der Waals surface area contributed by atoms with Crippen LogP contribution >= 0.6 is 0 Å². The monoisotopic (exact) mass is 223 g/mol. The van der Waals surface area contributed by atoms with Crippen molar-refractivity contribution in [1.82, 2.24) is 0 Å². The molecule has 0 radical (unpaired) electrons. The van der Waals surface area contributed by atoms with Crippen LogP contribution in [0.15, 0.2) is 24.3 Å². The van der Waals surface area contributed by atoms with Gasteiger partial charge in [0.2, 0.25) is 0 Å². The molecule has 90 valence electrons. The number of ether oxygens (including phenoxy) is 2. The first-order chi connectivity index (χ1) is 7.69. The Balaban J connectivity index is 2.76. The van der Waals surface area contributed by atoms with Crippen molar-refractivity contribution in [3.63, 3.8) is 0 Å². The molecule has 1 unspecified atom stereocenters. The number of benzene rings is 1. The third-order valence-electron chi connectivity index (χ3n) is 2.60. The van der Waals surface area contributed by atoms with Gasteiger partial charge in [0, 0.05) is 7.11 Å². The SMILES string of the molecule is COCC(Nc1ccccc1OC)C(C)C.